The molecule has 0 amide bonds. The summed E-state index contributed by atoms with van der Waals surface area (Å²) in [6, 6.07) is 1.73. The van der Waals surface area contributed by atoms with Crippen molar-refractivity contribution in [2.75, 3.05) is 0 Å². The van der Waals surface area contributed by atoms with Crippen LogP contribution in [0.2, 0.25) is 4.34 Å². The van der Waals surface area contributed by atoms with E-state index in [0.717, 1.165) is 3.79 Å². The number of halogens is 2. The van der Waals surface area contributed by atoms with Gasteiger partial charge in [0.05, 0.1) is 3.79 Å². The van der Waals surface area contributed by atoms with E-state index in [4.69, 9.17) is 11.6 Å². The van der Waals surface area contributed by atoms with Gasteiger partial charge in [0, 0.05) is 5.56 Å². The normalized spacial score (nSPS) is 9.90. The monoisotopic (exact) mass is 238 g/mol. The quantitative estimate of drug-likeness (QED) is 0.687. The molecule has 0 N–H and O–H groups in total. The fourth-order valence-corrected chi connectivity index (χ4v) is 2.67. The Morgan fingerprint density at radius 1 is 1.80 bits per heavy atom. The van der Waals surface area contributed by atoms with E-state index in [2.05, 4.69) is 15.9 Å². The van der Waals surface area contributed by atoms with Gasteiger partial charge in [-0.05, 0) is 28.9 Å². The Balaban J connectivity index is 3.15. The maximum Gasteiger partial charge on any atom is 0.162 e. The highest BCUT2D eigenvalue weighted by molar-refractivity contribution is 9.11. The van der Waals surface area contributed by atoms with E-state index < -0.39 is 0 Å². The van der Waals surface area contributed by atoms with Crippen molar-refractivity contribution in [3.05, 3.63) is 19.8 Å². The number of thiophene rings is 1. The molecule has 0 atom stereocenters. The highest BCUT2D eigenvalue weighted by Crippen LogP contribution is 2.31. The van der Waals surface area contributed by atoms with Gasteiger partial charge in [0.2, 0.25) is 0 Å². The van der Waals surface area contributed by atoms with E-state index in [1.165, 1.54) is 18.3 Å². The zero-order valence-electron chi connectivity index (χ0n) is 5.15. The first-order valence-electron chi connectivity index (χ1n) is 2.57. The van der Waals surface area contributed by atoms with Crippen LogP contribution >= 0.6 is 38.9 Å². The summed E-state index contributed by atoms with van der Waals surface area (Å²) in [7, 11) is 0. The van der Waals surface area contributed by atoms with Gasteiger partial charge in [-0.1, -0.05) is 11.6 Å². The van der Waals surface area contributed by atoms with Gasteiger partial charge in [-0.15, -0.1) is 11.3 Å². The molecule has 4 heteroatoms. The Morgan fingerprint density at radius 2 is 2.40 bits per heavy atom. The first kappa shape index (κ1) is 8.24. The number of rotatable bonds is 1. The molecule has 0 unspecified atom stereocenters. The van der Waals surface area contributed by atoms with Crippen molar-refractivity contribution < 1.29 is 4.79 Å². The van der Waals surface area contributed by atoms with E-state index in [9.17, 15) is 4.79 Å². The number of carbonyl (C=O) groups excluding carboxylic acids is 1. The second-order valence-electron chi connectivity index (χ2n) is 1.79. The van der Waals surface area contributed by atoms with E-state index in [-0.39, 0.29) is 5.78 Å². The predicted molar refractivity (Wildman–Crippen MR) is 47.0 cm³/mol. The molecule has 1 aromatic rings. The van der Waals surface area contributed by atoms with Crippen molar-refractivity contribution in [2.24, 2.45) is 0 Å². The van der Waals surface area contributed by atoms with Crippen molar-refractivity contribution in [1.29, 1.82) is 0 Å². The zero-order chi connectivity index (χ0) is 7.72. The van der Waals surface area contributed by atoms with Crippen LogP contribution in [0.5, 0.6) is 0 Å². The van der Waals surface area contributed by atoms with Crippen molar-refractivity contribution >= 4 is 44.7 Å². The van der Waals surface area contributed by atoms with Gasteiger partial charge in [-0.2, -0.15) is 0 Å². The molecule has 1 nitrogen and oxygen atoms in total. The Labute approximate surface area is 76.1 Å². The third-order valence-electron chi connectivity index (χ3n) is 1.04. The summed E-state index contributed by atoms with van der Waals surface area (Å²) in [5.41, 5.74) is 0.596. The number of Topliss-reactive ketones (excluding diaryl/α,β-unsaturated/α-hetero) is 1. The molecular formula is C6H4BrClOS. The summed E-state index contributed by atoms with van der Waals surface area (Å²) in [6.07, 6.45) is 0. The van der Waals surface area contributed by atoms with Gasteiger partial charge in [0.15, 0.2) is 5.78 Å². The summed E-state index contributed by atoms with van der Waals surface area (Å²) in [5.74, 6) is 0.00644. The lowest BCUT2D eigenvalue weighted by Gasteiger charge is -1.85. The van der Waals surface area contributed by atoms with E-state index >= 15 is 0 Å². The Morgan fingerprint density at radius 3 is 2.60 bits per heavy atom. The van der Waals surface area contributed by atoms with Crippen LogP contribution in [-0.2, 0) is 0 Å². The molecular weight excluding hydrogens is 235 g/mol. The van der Waals surface area contributed by atoms with Crippen LogP contribution in [0.25, 0.3) is 0 Å². The van der Waals surface area contributed by atoms with Gasteiger partial charge >= 0.3 is 0 Å². The Bertz CT molecular complexity index is 269. The Kier molecular flexibility index (Phi) is 2.50. The number of carbonyl (C=O) groups is 1. The average Bonchev–Trinajstić information content (AvgIpc) is 2.10. The molecule has 1 heterocycles. The number of hydrogen-bond acceptors (Lipinski definition) is 2. The summed E-state index contributed by atoms with van der Waals surface area (Å²) in [5, 5.41) is 0. The molecule has 0 fully saturated rings. The lowest BCUT2D eigenvalue weighted by Crippen LogP contribution is -1.87. The maximum absolute atomic E-state index is 10.8. The summed E-state index contributed by atoms with van der Waals surface area (Å²) < 4.78 is 1.45. The minimum atomic E-state index is 0.00644. The molecule has 0 aromatic carbocycles. The smallest absolute Gasteiger partial charge is 0.162 e. The topological polar surface area (TPSA) is 17.1 Å². The number of ketones is 1. The summed E-state index contributed by atoms with van der Waals surface area (Å²) in [6.45, 7) is 1.50. The molecule has 0 saturated carbocycles. The molecule has 0 aliphatic heterocycles. The zero-order valence-corrected chi connectivity index (χ0v) is 8.31. The standard InChI is InChI=1S/C6H4BrClOS/c1-3(9)4-2-5(7)10-6(4)8/h2H,1H3. The highest BCUT2D eigenvalue weighted by atomic mass is 79.9. The fourth-order valence-electron chi connectivity index (χ4n) is 0.580. The van der Waals surface area contributed by atoms with Crippen molar-refractivity contribution in [3.63, 3.8) is 0 Å². The molecule has 0 spiro atoms. The van der Waals surface area contributed by atoms with Crippen LogP contribution in [-0.4, -0.2) is 5.78 Å². The van der Waals surface area contributed by atoms with Gasteiger partial charge in [0.25, 0.3) is 0 Å². The second-order valence-corrected chi connectivity index (χ2v) is 4.83. The number of hydrogen-bond donors (Lipinski definition) is 0. The lowest BCUT2D eigenvalue weighted by molar-refractivity contribution is 0.101. The molecule has 54 valence electrons. The molecule has 1 rings (SSSR count). The first-order chi connectivity index (χ1) is 4.61. The summed E-state index contributed by atoms with van der Waals surface area (Å²) >= 11 is 10.3. The molecule has 10 heavy (non-hydrogen) atoms. The molecule has 0 aliphatic rings. The fraction of sp³-hybridized carbons (Fsp3) is 0.167. The summed E-state index contributed by atoms with van der Waals surface area (Å²) in [4.78, 5) is 10.8. The Hall–Kier alpha value is 0.140. The van der Waals surface area contributed by atoms with E-state index in [1.54, 1.807) is 6.07 Å². The predicted octanol–water partition coefficient (Wildman–Crippen LogP) is 3.37. The lowest BCUT2D eigenvalue weighted by atomic mass is 10.2. The minimum Gasteiger partial charge on any atom is -0.294 e. The van der Waals surface area contributed by atoms with Crippen LogP contribution in [0, 0.1) is 0 Å². The van der Waals surface area contributed by atoms with Crippen LogP contribution < -0.4 is 0 Å². The first-order valence-corrected chi connectivity index (χ1v) is 4.56. The van der Waals surface area contributed by atoms with Crippen LogP contribution in [0.3, 0.4) is 0 Å². The molecule has 0 saturated heterocycles. The van der Waals surface area contributed by atoms with E-state index in [0.29, 0.717) is 9.90 Å². The molecule has 0 radical (unpaired) electrons. The second kappa shape index (κ2) is 3.03. The molecule has 1 aromatic heterocycles. The van der Waals surface area contributed by atoms with Crippen LogP contribution in [0.15, 0.2) is 9.85 Å². The maximum atomic E-state index is 10.8. The molecule has 0 aliphatic carbocycles. The third-order valence-corrected chi connectivity index (χ3v) is 2.90. The van der Waals surface area contributed by atoms with E-state index in [1.807, 2.05) is 0 Å². The van der Waals surface area contributed by atoms with Gasteiger partial charge in [-0.25, -0.2) is 0 Å². The van der Waals surface area contributed by atoms with Crippen molar-refractivity contribution in [2.45, 2.75) is 6.92 Å². The highest BCUT2D eigenvalue weighted by Gasteiger charge is 2.08. The van der Waals surface area contributed by atoms with Crippen molar-refractivity contribution in [3.8, 4) is 0 Å². The minimum absolute atomic E-state index is 0.00644. The van der Waals surface area contributed by atoms with Gasteiger partial charge < -0.3 is 0 Å². The largest absolute Gasteiger partial charge is 0.294 e. The van der Waals surface area contributed by atoms with Gasteiger partial charge in [0.1, 0.15) is 4.34 Å². The molecule has 0 bridgehead atoms. The van der Waals surface area contributed by atoms with Crippen LogP contribution in [0.1, 0.15) is 17.3 Å². The third kappa shape index (κ3) is 1.59. The van der Waals surface area contributed by atoms with Crippen LogP contribution in [0.4, 0.5) is 0 Å². The van der Waals surface area contributed by atoms with Crippen molar-refractivity contribution in [1.82, 2.24) is 0 Å². The average molecular weight is 240 g/mol. The van der Waals surface area contributed by atoms with Gasteiger partial charge in [-0.3, -0.25) is 4.79 Å². The SMILES string of the molecule is CC(=O)c1cc(Br)sc1Cl.